The molecule has 1 atom stereocenters. The van der Waals surface area contributed by atoms with E-state index in [1.807, 2.05) is 0 Å². The van der Waals surface area contributed by atoms with E-state index in [1.165, 1.54) is 0 Å². The van der Waals surface area contributed by atoms with Gasteiger partial charge in [0.15, 0.2) is 0 Å². The highest BCUT2D eigenvalue weighted by Crippen LogP contribution is 2.27. The van der Waals surface area contributed by atoms with Crippen molar-refractivity contribution in [3.05, 3.63) is 22.8 Å². The van der Waals surface area contributed by atoms with E-state index in [-0.39, 0.29) is 24.1 Å². The molecular weight excluding hydrogens is 349 g/mol. The molecule has 2 aromatic heterocycles. The molecule has 7 nitrogen and oxygen atoms in total. The van der Waals surface area contributed by atoms with Crippen molar-refractivity contribution in [1.29, 1.82) is 0 Å². The van der Waals surface area contributed by atoms with Crippen LogP contribution in [0.25, 0.3) is 5.78 Å². The maximum atomic E-state index is 12.8. The number of nitrogens with one attached hydrogen (secondary N) is 2. The Bertz CT molecular complexity index is 810. The number of fused-ring (bicyclic) bond motifs is 1. The van der Waals surface area contributed by atoms with Crippen LogP contribution in [0.1, 0.15) is 42.0 Å². The van der Waals surface area contributed by atoms with Crippen LogP contribution in [0.5, 0.6) is 0 Å². The van der Waals surface area contributed by atoms with Gasteiger partial charge >= 0.3 is 6.18 Å². The number of amides is 1. The smallest absolute Gasteiger partial charge is 0.352 e. The van der Waals surface area contributed by atoms with Gasteiger partial charge in [-0.15, -0.1) is 5.10 Å². The SMILES string of the molecule is Cc1nc2nc(C(F)(F)F)nn2c(C)c1CCC(=O)NC1CCCNC1. The highest BCUT2D eigenvalue weighted by atomic mass is 19.4. The van der Waals surface area contributed by atoms with E-state index < -0.39 is 12.0 Å². The average Bonchev–Trinajstić information content (AvgIpc) is 3.00. The van der Waals surface area contributed by atoms with Gasteiger partial charge in [-0.1, -0.05) is 0 Å². The molecule has 1 aliphatic heterocycles. The Morgan fingerprint density at radius 3 is 2.77 bits per heavy atom. The normalized spacial score (nSPS) is 18.3. The molecule has 142 valence electrons. The number of carbonyl (C=O) groups excluding carboxylic acids is 1. The number of carbonyl (C=O) groups is 1. The van der Waals surface area contributed by atoms with Crippen molar-refractivity contribution < 1.29 is 18.0 Å². The Kier molecular flexibility index (Phi) is 5.12. The van der Waals surface area contributed by atoms with Crippen LogP contribution in [0.2, 0.25) is 0 Å². The fourth-order valence-electron chi connectivity index (χ4n) is 3.20. The molecule has 1 unspecified atom stereocenters. The van der Waals surface area contributed by atoms with Gasteiger partial charge in [-0.2, -0.15) is 18.2 Å². The van der Waals surface area contributed by atoms with Crippen molar-refractivity contribution >= 4 is 11.7 Å². The van der Waals surface area contributed by atoms with E-state index in [4.69, 9.17) is 0 Å². The molecule has 0 bridgehead atoms. The Labute approximate surface area is 148 Å². The fourth-order valence-corrected chi connectivity index (χ4v) is 3.20. The lowest BCUT2D eigenvalue weighted by atomic mass is 10.0. The zero-order valence-electron chi connectivity index (χ0n) is 14.7. The molecule has 0 spiro atoms. The summed E-state index contributed by atoms with van der Waals surface area (Å²) in [6, 6.07) is 0.128. The maximum absolute atomic E-state index is 12.8. The molecule has 1 fully saturated rings. The number of aryl methyl sites for hydroxylation is 2. The minimum absolute atomic E-state index is 0.0767. The summed E-state index contributed by atoms with van der Waals surface area (Å²) in [7, 11) is 0. The topological polar surface area (TPSA) is 84.2 Å². The Hall–Kier alpha value is -2.23. The van der Waals surface area contributed by atoms with Crippen molar-refractivity contribution in [3.8, 4) is 0 Å². The van der Waals surface area contributed by atoms with Crippen LogP contribution >= 0.6 is 0 Å². The number of halogens is 3. The lowest BCUT2D eigenvalue weighted by molar-refractivity contribution is -0.144. The molecule has 0 radical (unpaired) electrons. The second kappa shape index (κ2) is 7.18. The minimum atomic E-state index is -4.62. The molecule has 2 N–H and O–H groups in total. The monoisotopic (exact) mass is 370 g/mol. The van der Waals surface area contributed by atoms with Crippen LogP contribution in [-0.2, 0) is 17.4 Å². The first kappa shape index (κ1) is 18.6. The number of alkyl halides is 3. The van der Waals surface area contributed by atoms with E-state index in [2.05, 4.69) is 25.7 Å². The first-order valence-corrected chi connectivity index (χ1v) is 8.56. The van der Waals surface area contributed by atoms with Crippen molar-refractivity contribution in [1.82, 2.24) is 30.2 Å². The standard InChI is InChI=1S/C16H21F3N6O/c1-9-12(5-6-13(26)22-11-4-3-7-20-8-11)10(2)25-15(21-9)23-14(24-25)16(17,18)19/h11,20H,3-8H2,1-2H3,(H,22,26). The van der Waals surface area contributed by atoms with Crippen molar-refractivity contribution in [2.24, 2.45) is 0 Å². The Balaban J connectivity index is 1.74. The largest absolute Gasteiger partial charge is 0.453 e. The third kappa shape index (κ3) is 3.95. The molecule has 1 amide bonds. The van der Waals surface area contributed by atoms with Crippen molar-refractivity contribution in [3.63, 3.8) is 0 Å². The first-order chi connectivity index (χ1) is 12.3. The molecular formula is C16H21F3N6O. The summed E-state index contributed by atoms with van der Waals surface area (Å²) in [6.45, 7) is 5.09. The van der Waals surface area contributed by atoms with E-state index in [1.54, 1.807) is 13.8 Å². The maximum Gasteiger partial charge on any atom is 0.453 e. The lowest BCUT2D eigenvalue weighted by Gasteiger charge is -2.23. The van der Waals surface area contributed by atoms with Crippen LogP contribution in [0, 0.1) is 13.8 Å². The van der Waals surface area contributed by atoms with Crippen LogP contribution in [0.4, 0.5) is 13.2 Å². The lowest BCUT2D eigenvalue weighted by Crippen LogP contribution is -2.45. The number of rotatable bonds is 4. The third-order valence-electron chi connectivity index (χ3n) is 4.57. The van der Waals surface area contributed by atoms with Crippen LogP contribution in [0.3, 0.4) is 0 Å². The molecule has 0 aliphatic carbocycles. The zero-order chi connectivity index (χ0) is 18.9. The van der Waals surface area contributed by atoms with Gasteiger partial charge in [-0.05, 0) is 45.2 Å². The molecule has 1 saturated heterocycles. The number of nitrogens with zero attached hydrogens (tertiary/aromatic N) is 4. The summed E-state index contributed by atoms with van der Waals surface area (Å²) in [5, 5.41) is 9.73. The van der Waals surface area contributed by atoms with Crippen LogP contribution in [-0.4, -0.2) is 44.6 Å². The van der Waals surface area contributed by atoms with E-state index in [0.29, 0.717) is 23.4 Å². The van der Waals surface area contributed by atoms with Crippen molar-refractivity contribution in [2.45, 2.75) is 51.7 Å². The van der Waals surface area contributed by atoms with Crippen LogP contribution in [0.15, 0.2) is 0 Å². The summed E-state index contributed by atoms with van der Waals surface area (Å²) >= 11 is 0. The van der Waals surface area contributed by atoms with Gasteiger partial charge < -0.3 is 10.6 Å². The Morgan fingerprint density at radius 2 is 2.12 bits per heavy atom. The molecule has 0 saturated carbocycles. The van der Waals surface area contributed by atoms with Gasteiger partial charge in [-0.25, -0.2) is 9.50 Å². The quantitative estimate of drug-likeness (QED) is 0.853. The fraction of sp³-hybridized carbons (Fsp3) is 0.625. The predicted molar refractivity (Wildman–Crippen MR) is 87.6 cm³/mol. The molecule has 26 heavy (non-hydrogen) atoms. The molecule has 1 aliphatic rings. The van der Waals surface area contributed by atoms with Gasteiger partial charge in [0.1, 0.15) is 0 Å². The number of aromatic nitrogens is 4. The van der Waals surface area contributed by atoms with E-state index in [0.717, 1.165) is 30.4 Å². The average molecular weight is 370 g/mol. The molecule has 3 rings (SSSR count). The zero-order valence-corrected chi connectivity index (χ0v) is 14.7. The first-order valence-electron chi connectivity index (χ1n) is 8.56. The summed E-state index contributed by atoms with van der Waals surface area (Å²) in [4.78, 5) is 19.7. The van der Waals surface area contributed by atoms with E-state index >= 15 is 0 Å². The molecule has 3 heterocycles. The summed E-state index contributed by atoms with van der Waals surface area (Å²) < 4.78 is 39.5. The van der Waals surface area contributed by atoms with Gasteiger partial charge in [0, 0.05) is 30.4 Å². The molecule has 0 aromatic carbocycles. The second-order valence-corrected chi connectivity index (χ2v) is 6.52. The summed E-state index contributed by atoms with van der Waals surface area (Å²) in [5.41, 5.74) is 1.79. The second-order valence-electron chi connectivity index (χ2n) is 6.52. The van der Waals surface area contributed by atoms with Crippen molar-refractivity contribution in [2.75, 3.05) is 13.1 Å². The highest BCUT2D eigenvalue weighted by molar-refractivity contribution is 5.76. The molecule has 10 heteroatoms. The van der Waals surface area contributed by atoms with Gasteiger partial charge in [0.05, 0.1) is 0 Å². The number of piperidine rings is 1. The predicted octanol–water partition coefficient (Wildman–Crippen LogP) is 1.56. The minimum Gasteiger partial charge on any atom is -0.352 e. The van der Waals surface area contributed by atoms with E-state index in [9.17, 15) is 18.0 Å². The van der Waals surface area contributed by atoms with Crippen LogP contribution < -0.4 is 10.6 Å². The molecule has 2 aromatic rings. The Morgan fingerprint density at radius 1 is 1.35 bits per heavy atom. The number of hydrogen-bond acceptors (Lipinski definition) is 5. The van der Waals surface area contributed by atoms with Gasteiger partial charge in [0.2, 0.25) is 5.91 Å². The summed E-state index contributed by atoms with van der Waals surface area (Å²) in [5.74, 6) is -1.38. The highest BCUT2D eigenvalue weighted by Gasteiger charge is 2.37. The summed E-state index contributed by atoms with van der Waals surface area (Å²) in [6.07, 6.45) is -2.02. The third-order valence-corrected chi connectivity index (χ3v) is 4.57. The van der Waals surface area contributed by atoms with Gasteiger partial charge in [0.25, 0.3) is 11.6 Å². The number of hydrogen-bond donors (Lipinski definition) is 2. The van der Waals surface area contributed by atoms with Gasteiger partial charge in [-0.3, -0.25) is 4.79 Å².